The van der Waals surface area contributed by atoms with Crippen molar-refractivity contribution >= 4 is 0 Å². The molecule has 0 radical (unpaired) electrons. The highest BCUT2D eigenvalue weighted by molar-refractivity contribution is 5.62. The molecule has 19 heavy (non-hydrogen) atoms. The third-order valence-electron chi connectivity index (χ3n) is 3.17. The van der Waals surface area contributed by atoms with Gasteiger partial charge in [-0.1, -0.05) is 43.7 Å². The van der Waals surface area contributed by atoms with E-state index < -0.39 is 0 Å². The Morgan fingerprint density at radius 2 is 1.84 bits per heavy atom. The van der Waals surface area contributed by atoms with Crippen LogP contribution in [0.25, 0.3) is 11.3 Å². The van der Waals surface area contributed by atoms with Gasteiger partial charge in [0.25, 0.3) is 0 Å². The standard InChI is InChI=1S/C16H23N3/c1-11(2)17-10-9-15-18-13(4)16(19-15)14-7-5-12(3)6-8-14/h5-8,11,17H,9-10H2,1-4H3,(H,18,19). The maximum atomic E-state index is 4.71. The van der Waals surface area contributed by atoms with E-state index in [0.29, 0.717) is 6.04 Å². The highest BCUT2D eigenvalue weighted by atomic mass is 15.0. The number of aromatic amines is 1. The lowest BCUT2D eigenvalue weighted by molar-refractivity contribution is 0.584. The van der Waals surface area contributed by atoms with Gasteiger partial charge in [0.1, 0.15) is 5.82 Å². The molecule has 0 saturated heterocycles. The molecule has 0 aliphatic heterocycles. The molecule has 0 atom stereocenters. The van der Waals surface area contributed by atoms with Gasteiger partial charge in [-0.3, -0.25) is 0 Å². The predicted molar refractivity (Wildman–Crippen MR) is 80.3 cm³/mol. The molecule has 2 N–H and O–H groups in total. The average molecular weight is 257 g/mol. The minimum atomic E-state index is 0.521. The molecule has 3 heteroatoms. The molecular formula is C16H23N3. The Labute approximate surface area is 115 Å². The first-order valence-corrected chi connectivity index (χ1v) is 6.92. The summed E-state index contributed by atoms with van der Waals surface area (Å²) >= 11 is 0. The predicted octanol–water partition coefficient (Wildman–Crippen LogP) is 3.23. The second-order valence-electron chi connectivity index (χ2n) is 5.38. The van der Waals surface area contributed by atoms with Crippen LogP contribution in [0.1, 0.15) is 30.9 Å². The van der Waals surface area contributed by atoms with Crippen LogP contribution in [0.15, 0.2) is 24.3 Å². The Morgan fingerprint density at radius 1 is 1.16 bits per heavy atom. The highest BCUT2D eigenvalue weighted by Crippen LogP contribution is 2.21. The zero-order valence-corrected chi connectivity index (χ0v) is 12.2. The number of aromatic nitrogens is 2. The zero-order valence-electron chi connectivity index (χ0n) is 12.2. The molecule has 0 saturated carbocycles. The van der Waals surface area contributed by atoms with Crippen LogP contribution in [-0.2, 0) is 6.42 Å². The van der Waals surface area contributed by atoms with Crippen LogP contribution in [-0.4, -0.2) is 22.6 Å². The Kier molecular flexibility index (Phi) is 4.38. The molecule has 0 spiro atoms. The van der Waals surface area contributed by atoms with E-state index in [2.05, 4.69) is 62.3 Å². The van der Waals surface area contributed by atoms with Crippen molar-refractivity contribution in [1.29, 1.82) is 0 Å². The van der Waals surface area contributed by atoms with E-state index in [0.717, 1.165) is 30.2 Å². The molecule has 102 valence electrons. The molecule has 0 aliphatic rings. The summed E-state index contributed by atoms with van der Waals surface area (Å²) in [5.41, 5.74) is 4.67. The third-order valence-corrected chi connectivity index (χ3v) is 3.17. The second kappa shape index (κ2) is 6.02. The van der Waals surface area contributed by atoms with E-state index in [1.165, 1.54) is 11.1 Å². The molecular weight excluding hydrogens is 234 g/mol. The summed E-state index contributed by atoms with van der Waals surface area (Å²) < 4.78 is 0. The molecule has 0 unspecified atom stereocenters. The van der Waals surface area contributed by atoms with Gasteiger partial charge in [0, 0.05) is 30.3 Å². The van der Waals surface area contributed by atoms with Crippen LogP contribution in [0.5, 0.6) is 0 Å². The molecule has 0 bridgehead atoms. The number of nitrogens with one attached hydrogen (secondary N) is 2. The number of rotatable bonds is 5. The Hall–Kier alpha value is -1.61. The first-order chi connectivity index (χ1) is 9.06. The molecule has 0 fully saturated rings. The van der Waals surface area contributed by atoms with E-state index in [1.54, 1.807) is 0 Å². The van der Waals surface area contributed by atoms with Crippen molar-refractivity contribution in [2.75, 3.05) is 6.54 Å². The smallest absolute Gasteiger partial charge is 0.108 e. The lowest BCUT2D eigenvalue weighted by Crippen LogP contribution is -2.25. The molecule has 2 aromatic rings. The largest absolute Gasteiger partial charge is 0.346 e. The minimum Gasteiger partial charge on any atom is -0.346 e. The summed E-state index contributed by atoms with van der Waals surface area (Å²) in [4.78, 5) is 8.09. The first-order valence-electron chi connectivity index (χ1n) is 6.92. The van der Waals surface area contributed by atoms with Crippen molar-refractivity contribution < 1.29 is 0 Å². The summed E-state index contributed by atoms with van der Waals surface area (Å²) in [6.07, 6.45) is 0.935. The second-order valence-corrected chi connectivity index (χ2v) is 5.38. The Bertz CT molecular complexity index is 523. The Morgan fingerprint density at radius 3 is 2.47 bits per heavy atom. The van der Waals surface area contributed by atoms with Gasteiger partial charge in [0.2, 0.25) is 0 Å². The quantitative estimate of drug-likeness (QED) is 0.863. The highest BCUT2D eigenvalue weighted by Gasteiger charge is 2.08. The fourth-order valence-electron chi connectivity index (χ4n) is 2.11. The number of benzene rings is 1. The van der Waals surface area contributed by atoms with Crippen LogP contribution in [0.4, 0.5) is 0 Å². The van der Waals surface area contributed by atoms with Crippen molar-refractivity contribution in [1.82, 2.24) is 15.3 Å². The van der Waals surface area contributed by atoms with Crippen LogP contribution in [0, 0.1) is 13.8 Å². The van der Waals surface area contributed by atoms with Crippen LogP contribution in [0.2, 0.25) is 0 Å². The summed E-state index contributed by atoms with van der Waals surface area (Å²) in [7, 11) is 0. The lowest BCUT2D eigenvalue weighted by Gasteiger charge is -2.05. The van der Waals surface area contributed by atoms with Crippen LogP contribution < -0.4 is 5.32 Å². The number of imidazole rings is 1. The molecule has 2 rings (SSSR count). The Balaban J connectivity index is 2.10. The monoisotopic (exact) mass is 257 g/mol. The summed E-state index contributed by atoms with van der Waals surface area (Å²) in [6, 6.07) is 9.04. The van der Waals surface area contributed by atoms with Crippen LogP contribution in [0.3, 0.4) is 0 Å². The number of H-pyrrole nitrogens is 1. The van der Waals surface area contributed by atoms with Gasteiger partial charge in [0.05, 0.1) is 5.69 Å². The summed E-state index contributed by atoms with van der Waals surface area (Å²) in [5.74, 6) is 1.06. The fraction of sp³-hybridized carbons (Fsp3) is 0.438. The van der Waals surface area contributed by atoms with Gasteiger partial charge in [-0.2, -0.15) is 0 Å². The van der Waals surface area contributed by atoms with Crippen molar-refractivity contribution in [2.45, 2.75) is 40.2 Å². The van der Waals surface area contributed by atoms with E-state index in [-0.39, 0.29) is 0 Å². The van der Waals surface area contributed by atoms with Crippen molar-refractivity contribution in [3.8, 4) is 11.3 Å². The zero-order chi connectivity index (χ0) is 13.8. The van der Waals surface area contributed by atoms with E-state index in [4.69, 9.17) is 4.98 Å². The number of hydrogen-bond acceptors (Lipinski definition) is 2. The lowest BCUT2D eigenvalue weighted by atomic mass is 10.1. The van der Waals surface area contributed by atoms with Crippen LogP contribution >= 0.6 is 0 Å². The first kappa shape index (κ1) is 13.8. The summed E-state index contributed by atoms with van der Waals surface area (Å²) in [6.45, 7) is 9.46. The maximum absolute atomic E-state index is 4.71. The minimum absolute atomic E-state index is 0.521. The number of aryl methyl sites for hydroxylation is 2. The van der Waals surface area contributed by atoms with Gasteiger partial charge in [-0.25, -0.2) is 4.98 Å². The third kappa shape index (κ3) is 3.67. The molecule has 1 aromatic heterocycles. The summed E-state index contributed by atoms with van der Waals surface area (Å²) in [5, 5.41) is 3.41. The van der Waals surface area contributed by atoms with Crippen molar-refractivity contribution in [3.63, 3.8) is 0 Å². The average Bonchev–Trinajstić information content (AvgIpc) is 2.71. The molecule has 1 heterocycles. The van der Waals surface area contributed by atoms with Gasteiger partial charge in [-0.15, -0.1) is 0 Å². The van der Waals surface area contributed by atoms with Crippen molar-refractivity contribution in [3.05, 3.63) is 41.3 Å². The molecule has 0 aliphatic carbocycles. The van der Waals surface area contributed by atoms with E-state index in [9.17, 15) is 0 Å². The van der Waals surface area contributed by atoms with Gasteiger partial charge < -0.3 is 10.3 Å². The molecule has 1 aromatic carbocycles. The van der Waals surface area contributed by atoms with E-state index in [1.807, 2.05) is 0 Å². The maximum Gasteiger partial charge on any atom is 0.108 e. The van der Waals surface area contributed by atoms with Gasteiger partial charge in [0.15, 0.2) is 0 Å². The van der Waals surface area contributed by atoms with Gasteiger partial charge >= 0.3 is 0 Å². The molecule has 3 nitrogen and oxygen atoms in total. The topological polar surface area (TPSA) is 40.7 Å². The van der Waals surface area contributed by atoms with Gasteiger partial charge in [-0.05, 0) is 13.8 Å². The number of nitrogens with zero attached hydrogens (tertiary/aromatic N) is 1. The normalized spacial score (nSPS) is 11.2. The number of hydrogen-bond donors (Lipinski definition) is 2. The SMILES string of the molecule is Cc1ccc(-c2nc(CCNC(C)C)[nH]c2C)cc1. The fourth-order valence-corrected chi connectivity index (χ4v) is 2.11. The van der Waals surface area contributed by atoms with Crippen molar-refractivity contribution in [2.24, 2.45) is 0 Å². The van der Waals surface area contributed by atoms with E-state index >= 15 is 0 Å². The molecule has 0 amide bonds.